The molecule has 19 heavy (non-hydrogen) atoms. The first-order chi connectivity index (χ1) is 9.21. The summed E-state index contributed by atoms with van der Waals surface area (Å²) in [7, 11) is 0. The number of hydrogen-bond acceptors (Lipinski definition) is 3. The molecule has 0 aliphatic carbocycles. The van der Waals surface area contributed by atoms with E-state index in [1.165, 1.54) is 0 Å². The molecule has 0 unspecified atom stereocenters. The molecule has 1 rings (SSSR count). The lowest BCUT2D eigenvalue weighted by Gasteiger charge is -2.22. The van der Waals surface area contributed by atoms with Crippen LogP contribution in [0.3, 0.4) is 0 Å². The van der Waals surface area contributed by atoms with Crippen LogP contribution in [0.15, 0.2) is 24.3 Å². The Morgan fingerprint density at radius 1 is 1.32 bits per heavy atom. The number of hydrogen-bond donors (Lipinski definition) is 1. The van der Waals surface area contributed by atoms with E-state index in [9.17, 15) is 4.79 Å². The Hall–Kier alpha value is -1.86. The second kappa shape index (κ2) is 8.28. The lowest BCUT2D eigenvalue weighted by molar-refractivity contribution is -0.130. The molecule has 0 saturated carbocycles. The average Bonchev–Trinajstić information content (AvgIpc) is 2.45. The van der Waals surface area contributed by atoms with Gasteiger partial charge in [-0.2, -0.15) is 5.26 Å². The topological polar surface area (TPSA) is 56.1 Å². The molecular weight excluding hydrogens is 238 g/mol. The number of carbonyl (C=O) groups is 1. The van der Waals surface area contributed by atoms with Gasteiger partial charge in [0.2, 0.25) is 5.91 Å². The summed E-state index contributed by atoms with van der Waals surface area (Å²) in [5.41, 5.74) is 1.70. The molecule has 0 aliphatic rings. The van der Waals surface area contributed by atoms with Crippen LogP contribution >= 0.6 is 0 Å². The minimum Gasteiger partial charge on any atom is -0.337 e. The molecule has 0 spiro atoms. The lowest BCUT2D eigenvalue weighted by atomic mass is 10.1. The number of carbonyl (C=O) groups excluding carboxylic acids is 1. The van der Waals surface area contributed by atoms with Gasteiger partial charge >= 0.3 is 0 Å². The summed E-state index contributed by atoms with van der Waals surface area (Å²) in [6, 6.07) is 9.47. The SMILES string of the molecule is CCCN(Cc1ccc(C#N)cc1)C(=O)CNCC. The quantitative estimate of drug-likeness (QED) is 0.813. The van der Waals surface area contributed by atoms with Gasteiger partial charge in [-0.05, 0) is 30.7 Å². The van der Waals surface area contributed by atoms with Crippen LogP contribution in [0.2, 0.25) is 0 Å². The minimum absolute atomic E-state index is 0.119. The van der Waals surface area contributed by atoms with Crippen LogP contribution in [0.1, 0.15) is 31.4 Å². The van der Waals surface area contributed by atoms with Crippen molar-refractivity contribution >= 4 is 5.91 Å². The monoisotopic (exact) mass is 259 g/mol. The van der Waals surface area contributed by atoms with E-state index in [2.05, 4.69) is 18.3 Å². The largest absolute Gasteiger partial charge is 0.337 e. The molecule has 1 N–H and O–H groups in total. The van der Waals surface area contributed by atoms with Crippen molar-refractivity contribution < 1.29 is 4.79 Å². The van der Waals surface area contributed by atoms with Crippen LogP contribution in [0.5, 0.6) is 0 Å². The highest BCUT2D eigenvalue weighted by molar-refractivity contribution is 5.78. The zero-order valence-corrected chi connectivity index (χ0v) is 11.6. The Bertz CT molecular complexity index is 434. The summed E-state index contributed by atoms with van der Waals surface area (Å²) < 4.78 is 0. The van der Waals surface area contributed by atoms with Crippen molar-refractivity contribution in [1.82, 2.24) is 10.2 Å². The molecule has 1 amide bonds. The first-order valence-corrected chi connectivity index (χ1v) is 6.68. The van der Waals surface area contributed by atoms with E-state index in [1.54, 1.807) is 12.1 Å². The summed E-state index contributed by atoms with van der Waals surface area (Å²) in [5, 5.41) is 11.8. The van der Waals surface area contributed by atoms with Crippen molar-refractivity contribution in [2.75, 3.05) is 19.6 Å². The highest BCUT2D eigenvalue weighted by Gasteiger charge is 2.12. The zero-order valence-electron chi connectivity index (χ0n) is 11.6. The third kappa shape index (κ3) is 5.11. The summed E-state index contributed by atoms with van der Waals surface area (Å²) >= 11 is 0. The number of rotatable bonds is 7. The summed E-state index contributed by atoms with van der Waals surface area (Å²) in [5.74, 6) is 0.119. The molecular formula is C15H21N3O. The average molecular weight is 259 g/mol. The van der Waals surface area contributed by atoms with Crippen LogP contribution in [-0.4, -0.2) is 30.4 Å². The molecule has 0 fully saturated rings. The minimum atomic E-state index is 0.119. The molecule has 1 aromatic rings. The van der Waals surface area contributed by atoms with Gasteiger partial charge in [0.25, 0.3) is 0 Å². The smallest absolute Gasteiger partial charge is 0.236 e. The first kappa shape index (κ1) is 15.2. The van der Waals surface area contributed by atoms with E-state index in [-0.39, 0.29) is 5.91 Å². The predicted molar refractivity (Wildman–Crippen MR) is 75.4 cm³/mol. The fraction of sp³-hybridized carbons (Fsp3) is 0.467. The van der Waals surface area contributed by atoms with Gasteiger partial charge in [0, 0.05) is 13.1 Å². The van der Waals surface area contributed by atoms with Crippen LogP contribution < -0.4 is 5.32 Å². The Labute approximate surface area is 115 Å². The Morgan fingerprint density at radius 3 is 2.53 bits per heavy atom. The molecule has 0 saturated heterocycles. The number of nitrogens with one attached hydrogen (secondary N) is 1. The molecule has 0 radical (unpaired) electrons. The Balaban J connectivity index is 2.66. The maximum absolute atomic E-state index is 12.0. The number of likely N-dealkylation sites (N-methyl/N-ethyl adjacent to an activating group) is 1. The van der Waals surface area contributed by atoms with Crippen molar-refractivity contribution in [2.24, 2.45) is 0 Å². The molecule has 0 bridgehead atoms. The van der Waals surface area contributed by atoms with E-state index in [0.29, 0.717) is 18.7 Å². The van der Waals surface area contributed by atoms with Gasteiger partial charge in [-0.3, -0.25) is 4.79 Å². The normalized spacial score (nSPS) is 9.95. The summed E-state index contributed by atoms with van der Waals surface area (Å²) in [6.45, 7) is 6.58. The fourth-order valence-electron chi connectivity index (χ4n) is 1.81. The molecule has 0 heterocycles. The fourth-order valence-corrected chi connectivity index (χ4v) is 1.81. The maximum Gasteiger partial charge on any atom is 0.236 e. The van der Waals surface area contributed by atoms with Crippen molar-refractivity contribution in [1.29, 1.82) is 5.26 Å². The van der Waals surface area contributed by atoms with Crippen LogP contribution in [0, 0.1) is 11.3 Å². The van der Waals surface area contributed by atoms with E-state index in [1.807, 2.05) is 24.0 Å². The summed E-state index contributed by atoms with van der Waals surface area (Å²) in [4.78, 5) is 13.9. The molecule has 0 aromatic heterocycles. The molecule has 0 aliphatic heterocycles. The second-order valence-electron chi connectivity index (χ2n) is 4.40. The van der Waals surface area contributed by atoms with Crippen molar-refractivity contribution in [3.05, 3.63) is 35.4 Å². The Morgan fingerprint density at radius 2 is 2.00 bits per heavy atom. The van der Waals surface area contributed by atoms with E-state index < -0.39 is 0 Å². The predicted octanol–water partition coefficient (Wildman–Crippen LogP) is 1.91. The van der Waals surface area contributed by atoms with Crippen LogP contribution in [-0.2, 0) is 11.3 Å². The molecule has 102 valence electrons. The van der Waals surface area contributed by atoms with Gasteiger partial charge in [0.15, 0.2) is 0 Å². The van der Waals surface area contributed by atoms with Crippen LogP contribution in [0.4, 0.5) is 0 Å². The highest BCUT2D eigenvalue weighted by atomic mass is 16.2. The van der Waals surface area contributed by atoms with E-state index >= 15 is 0 Å². The van der Waals surface area contributed by atoms with Gasteiger partial charge in [0.1, 0.15) is 0 Å². The molecule has 4 heteroatoms. The number of nitrogens with zero attached hydrogens (tertiary/aromatic N) is 2. The van der Waals surface area contributed by atoms with Crippen LogP contribution in [0.25, 0.3) is 0 Å². The van der Waals surface area contributed by atoms with Gasteiger partial charge in [-0.25, -0.2) is 0 Å². The molecule has 1 aromatic carbocycles. The molecule has 4 nitrogen and oxygen atoms in total. The lowest BCUT2D eigenvalue weighted by Crippen LogP contribution is -2.38. The van der Waals surface area contributed by atoms with Gasteiger partial charge in [-0.15, -0.1) is 0 Å². The number of nitriles is 1. The van der Waals surface area contributed by atoms with Crippen molar-refractivity contribution in [2.45, 2.75) is 26.8 Å². The maximum atomic E-state index is 12.0. The van der Waals surface area contributed by atoms with Gasteiger partial charge in [0.05, 0.1) is 18.2 Å². The van der Waals surface area contributed by atoms with Gasteiger partial charge < -0.3 is 10.2 Å². The third-order valence-electron chi connectivity index (χ3n) is 2.83. The standard InChI is InChI=1S/C15H21N3O/c1-3-9-18(15(19)11-17-4-2)12-14-7-5-13(10-16)6-8-14/h5-8,17H,3-4,9,11-12H2,1-2H3. The first-order valence-electron chi connectivity index (χ1n) is 6.68. The number of amides is 1. The number of benzene rings is 1. The Kier molecular flexibility index (Phi) is 6.62. The van der Waals surface area contributed by atoms with Crippen molar-refractivity contribution in [3.8, 4) is 6.07 Å². The van der Waals surface area contributed by atoms with Gasteiger partial charge in [-0.1, -0.05) is 26.0 Å². The zero-order chi connectivity index (χ0) is 14.1. The van der Waals surface area contributed by atoms with E-state index in [0.717, 1.165) is 25.1 Å². The third-order valence-corrected chi connectivity index (χ3v) is 2.83. The second-order valence-corrected chi connectivity index (χ2v) is 4.40. The van der Waals surface area contributed by atoms with E-state index in [4.69, 9.17) is 5.26 Å². The molecule has 0 atom stereocenters. The summed E-state index contributed by atoms with van der Waals surface area (Å²) in [6.07, 6.45) is 0.939. The highest BCUT2D eigenvalue weighted by Crippen LogP contribution is 2.08. The van der Waals surface area contributed by atoms with Crippen molar-refractivity contribution in [3.63, 3.8) is 0 Å².